The molecule has 5 heteroatoms. The Hall–Kier alpha value is -1.91. The number of nitro groups is 1. The molecule has 0 heterocycles. The summed E-state index contributed by atoms with van der Waals surface area (Å²) in [7, 11) is 0. The molecule has 5 nitrogen and oxygen atoms in total. The summed E-state index contributed by atoms with van der Waals surface area (Å²) in [5.74, 6) is 0.127. The molecule has 1 aromatic carbocycles. The molecule has 0 aliphatic heterocycles. The van der Waals surface area contributed by atoms with Gasteiger partial charge in [-0.2, -0.15) is 0 Å². The second kappa shape index (κ2) is 12.5. The number of benzene rings is 1. The normalized spacial score (nSPS) is 10.6. The first-order chi connectivity index (χ1) is 12.1. The van der Waals surface area contributed by atoms with Crippen LogP contribution in [0, 0.1) is 10.1 Å². The van der Waals surface area contributed by atoms with Gasteiger partial charge < -0.3 is 4.90 Å². The summed E-state index contributed by atoms with van der Waals surface area (Å²) in [6.07, 6.45) is 9.53. The minimum Gasteiger partial charge on any atom is -0.342 e. The van der Waals surface area contributed by atoms with Gasteiger partial charge in [-0.25, -0.2) is 0 Å². The molecule has 0 atom stereocenters. The van der Waals surface area contributed by atoms with Gasteiger partial charge in [0.25, 0.3) is 5.69 Å². The summed E-state index contributed by atoms with van der Waals surface area (Å²) in [5.41, 5.74) is 0.898. The van der Waals surface area contributed by atoms with Crippen molar-refractivity contribution in [2.24, 2.45) is 0 Å². The highest BCUT2D eigenvalue weighted by Crippen LogP contribution is 2.14. The molecule has 0 N–H and O–H groups in total. The molecular formula is C20H32N2O3. The van der Waals surface area contributed by atoms with Gasteiger partial charge in [-0.15, -0.1) is 0 Å². The van der Waals surface area contributed by atoms with Gasteiger partial charge >= 0.3 is 0 Å². The summed E-state index contributed by atoms with van der Waals surface area (Å²) >= 11 is 0. The van der Waals surface area contributed by atoms with Crippen molar-refractivity contribution < 1.29 is 9.72 Å². The van der Waals surface area contributed by atoms with E-state index in [9.17, 15) is 14.9 Å². The van der Waals surface area contributed by atoms with E-state index in [-0.39, 0.29) is 11.6 Å². The van der Waals surface area contributed by atoms with Gasteiger partial charge in [0.2, 0.25) is 5.91 Å². The van der Waals surface area contributed by atoms with Crippen LogP contribution in [-0.4, -0.2) is 28.8 Å². The first-order valence-electron chi connectivity index (χ1n) is 9.59. The highest BCUT2D eigenvalue weighted by molar-refractivity contribution is 5.78. The molecule has 0 aliphatic carbocycles. The number of unbranched alkanes of at least 4 members (excludes halogenated alkanes) is 6. The van der Waals surface area contributed by atoms with Crippen molar-refractivity contribution in [3.63, 3.8) is 0 Å². The Balaban J connectivity index is 2.57. The fraction of sp³-hybridized carbons (Fsp3) is 0.650. The minimum absolute atomic E-state index is 0.0622. The summed E-state index contributed by atoms with van der Waals surface area (Å²) in [6.45, 7) is 6.00. The smallest absolute Gasteiger partial charge is 0.269 e. The fourth-order valence-corrected chi connectivity index (χ4v) is 2.84. The molecular weight excluding hydrogens is 316 g/mol. The second-order valence-electron chi connectivity index (χ2n) is 6.60. The average Bonchev–Trinajstić information content (AvgIpc) is 2.60. The Morgan fingerprint density at radius 3 is 1.88 bits per heavy atom. The summed E-state index contributed by atoms with van der Waals surface area (Å²) in [6, 6.07) is 6.30. The Morgan fingerprint density at radius 1 is 0.920 bits per heavy atom. The van der Waals surface area contributed by atoms with E-state index < -0.39 is 4.92 Å². The van der Waals surface area contributed by atoms with Crippen molar-refractivity contribution in [2.45, 2.75) is 71.6 Å². The number of nitro benzene ring substituents is 1. The van der Waals surface area contributed by atoms with E-state index in [1.165, 1.54) is 37.8 Å². The van der Waals surface area contributed by atoms with Crippen molar-refractivity contribution in [1.82, 2.24) is 4.90 Å². The van der Waals surface area contributed by atoms with E-state index in [1.807, 2.05) is 4.90 Å². The third-order valence-electron chi connectivity index (χ3n) is 4.42. The lowest BCUT2D eigenvalue weighted by atomic mass is 10.1. The van der Waals surface area contributed by atoms with Crippen LogP contribution in [0.2, 0.25) is 0 Å². The van der Waals surface area contributed by atoms with E-state index in [2.05, 4.69) is 13.8 Å². The number of hydrogen-bond donors (Lipinski definition) is 0. The van der Waals surface area contributed by atoms with Crippen LogP contribution in [0.5, 0.6) is 0 Å². The molecule has 0 aliphatic rings. The molecule has 0 fully saturated rings. The molecule has 1 rings (SSSR count). The van der Waals surface area contributed by atoms with Gasteiger partial charge in [0, 0.05) is 25.2 Å². The van der Waals surface area contributed by atoms with Gasteiger partial charge in [0.05, 0.1) is 11.3 Å². The molecule has 0 saturated carbocycles. The van der Waals surface area contributed by atoms with Gasteiger partial charge in [-0.05, 0) is 18.4 Å². The Morgan fingerprint density at radius 2 is 1.44 bits per heavy atom. The van der Waals surface area contributed by atoms with Crippen LogP contribution in [-0.2, 0) is 11.2 Å². The maximum absolute atomic E-state index is 12.7. The van der Waals surface area contributed by atoms with Gasteiger partial charge in [0.15, 0.2) is 0 Å². The molecule has 0 aromatic heterocycles. The lowest BCUT2D eigenvalue weighted by Crippen LogP contribution is -2.34. The Bertz CT molecular complexity index is 502. The Kier molecular flexibility index (Phi) is 10.5. The number of nitrogens with zero attached hydrogens (tertiary/aromatic N) is 2. The largest absolute Gasteiger partial charge is 0.342 e. The van der Waals surface area contributed by atoms with E-state index >= 15 is 0 Å². The van der Waals surface area contributed by atoms with E-state index in [0.717, 1.165) is 44.3 Å². The van der Waals surface area contributed by atoms with E-state index in [1.54, 1.807) is 12.1 Å². The number of amides is 1. The topological polar surface area (TPSA) is 63.5 Å². The molecule has 0 bridgehead atoms. The molecule has 0 saturated heterocycles. The molecule has 0 spiro atoms. The zero-order chi connectivity index (χ0) is 18.5. The first kappa shape index (κ1) is 21.1. The maximum Gasteiger partial charge on any atom is 0.269 e. The van der Waals surface area contributed by atoms with Crippen molar-refractivity contribution in [3.05, 3.63) is 39.9 Å². The highest BCUT2D eigenvalue weighted by Gasteiger charge is 2.14. The van der Waals surface area contributed by atoms with Crippen molar-refractivity contribution >= 4 is 11.6 Å². The van der Waals surface area contributed by atoms with E-state index in [4.69, 9.17) is 0 Å². The fourth-order valence-electron chi connectivity index (χ4n) is 2.84. The van der Waals surface area contributed by atoms with Crippen molar-refractivity contribution in [1.29, 1.82) is 0 Å². The number of carbonyl (C=O) groups excluding carboxylic acids is 1. The molecule has 25 heavy (non-hydrogen) atoms. The van der Waals surface area contributed by atoms with Crippen LogP contribution in [0.15, 0.2) is 24.3 Å². The predicted octanol–water partition coefficient (Wildman–Crippen LogP) is 5.13. The quantitative estimate of drug-likeness (QED) is 0.282. The van der Waals surface area contributed by atoms with Crippen LogP contribution in [0.1, 0.15) is 70.8 Å². The zero-order valence-electron chi connectivity index (χ0n) is 15.7. The second-order valence-corrected chi connectivity index (χ2v) is 6.60. The van der Waals surface area contributed by atoms with Crippen LogP contribution in [0.3, 0.4) is 0 Å². The van der Waals surface area contributed by atoms with Crippen molar-refractivity contribution in [3.8, 4) is 0 Å². The summed E-state index contributed by atoms with van der Waals surface area (Å²) < 4.78 is 0. The Labute approximate surface area is 151 Å². The summed E-state index contributed by atoms with van der Waals surface area (Å²) in [5, 5.41) is 10.7. The number of hydrogen-bond acceptors (Lipinski definition) is 3. The van der Waals surface area contributed by atoms with Gasteiger partial charge in [0.1, 0.15) is 0 Å². The van der Waals surface area contributed by atoms with Crippen LogP contribution in [0.25, 0.3) is 0 Å². The van der Waals surface area contributed by atoms with Crippen LogP contribution in [0.4, 0.5) is 5.69 Å². The monoisotopic (exact) mass is 348 g/mol. The zero-order valence-corrected chi connectivity index (χ0v) is 15.7. The lowest BCUT2D eigenvalue weighted by molar-refractivity contribution is -0.384. The third-order valence-corrected chi connectivity index (χ3v) is 4.42. The number of rotatable bonds is 13. The minimum atomic E-state index is -0.417. The lowest BCUT2D eigenvalue weighted by Gasteiger charge is -2.23. The molecule has 140 valence electrons. The SMILES string of the molecule is CCCCCCN(CCCCCC)C(=O)Cc1ccc([N+](=O)[O-])cc1. The highest BCUT2D eigenvalue weighted by atomic mass is 16.6. The molecule has 0 unspecified atom stereocenters. The molecule has 1 aromatic rings. The van der Waals surface area contributed by atoms with Gasteiger partial charge in [-0.3, -0.25) is 14.9 Å². The number of non-ortho nitro benzene ring substituents is 1. The predicted molar refractivity (Wildman–Crippen MR) is 102 cm³/mol. The third kappa shape index (κ3) is 8.66. The number of carbonyl (C=O) groups is 1. The van der Waals surface area contributed by atoms with Gasteiger partial charge in [-0.1, -0.05) is 64.5 Å². The average molecular weight is 348 g/mol. The summed E-state index contributed by atoms with van der Waals surface area (Å²) in [4.78, 5) is 24.9. The standard InChI is InChI=1S/C20H32N2O3/c1-3-5-7-9-15-21(16-10-8-6-4-2)20(23)17-18-11-13-19(14-12-18)22(24)25/h11-14H,3-10,15-17H2,1-2H3. The molecule has 1 amide bonds. The van der Waals surface area contributed by atoms with Crippen LogP contribution < -0.4 is 0 Å². The van der Waals surface area contributed by atoms with E-state index in [0.29, 0.717) is 6.42 Å². The van der Waals surface area contributed by atoms with Crippen LogP contribution >= 0.6 is 0 Å². The first-order valence-corrected chi connectivity index (χ1v) is 9.59. The maximum atomic E-state index is 12.7. The van der Waals surface area contributed by atoms with Crippen molar-refractivity contribution in [2.75, 3.05) is 13.1 Å². The molecule has 0 radical (unpaired) electrons.